The van der Waals surface area contributed by atoms with Crippen LogP contribution in [0.4, 0.5) is 14.5 Å². The average molecular weight is 677 g/mol. The Hall–Kier alpha value is -3.71. The summed E-state index contributed by atoms with van der Waals surface area (Å²) in [5, 5.41) is 26.1. The Kier molecular flexibility index (Phi) is 11.8. The first-order chi connectivity index (χ1) is 21.5. The Labute approximate surface area is 280 Å². The zero-order valence-corrected chi connectivity index (χ0v) is 28.4. The van der Waals surface area contributed by atoms with Gasteiger partial charge in [-0.05, 0) is 59.7 Å². The van der Waals surface area contributed by atoms with Crippen LogP contribution in [0.15, 0.2) is 54.6 Å². The third-order valence-electron chi connectivity index (χ3n) is 7.44. The maximum absolute atomic E-state index is 15.8. The second-order valence-electron chi connectivity index (χ2n) is 13.1. The number of methoxy groups -OCH3 is 1. The van der Waals surface area contributed by atoms with Crippen molar-refractivity contribution in [1.29, 1.82) is 5.26 Å². The van der Waals surface area contributed by atoms with Gasteiger partial charge in [0.25, 0.3) is 0 Å². The van der Waals surface area contributed by atoms with Crippen molar-refractivity contribution in [3.63, 3.8) is 0 Å². The van der Waals surface area contributed by atoms with E-state index in [9.17, 15) is 20.0 Å². The van der Waals surface area contributed by atoms with Crippen LogP contribution in [-0.2, 0) is 10.2 Å². The van der Waals surface area contributed by atoms with E-state index in [1.807, 2.05) is 20.8 Å². The predicted octanol–water partition coefficient (Wildman–Crippen LogP) is 8.85. The molecular formula is C35H41Cl2F2N3O4. The van der Waals surface area contributed by atoms with E-state index in [2.05, 4.69) is 37.5 Å². The minimum absolute atomic E-state index is 0. The second kappa shape index (κ2) is 14.8. The number of amides is 1. The van der Waals surface area contributed by atoms with Gasteiger partial charge in [0.05, 0.1) is 35.5 Å². The summed E-state index contributed by atoms with van der Waals surface area (Å²) in [5.74, 6) is -3.82. The van der Waals surface area contributed by atoms with Crippen LogP contribution in [0.2, 0.25) is 10.0 Å². The number of nitrogens with zero attached hydrogens (tertiary/aromatic N) is 1. The van der Waals surface area contributed by atoms with Gasteiger partial charge in [0.2, 0.25) is 5.91 Å². The molecule has 0 bridgehead atoms. The Morgan fingerprint density at radius 1 is 1.13 bits per heavy atom. The fraction of sp³-hybridized carbons (Fsp3) is 0.400. The maximum atomic E-state index is 15.8. The van der Waals surface area contributed by atoms with Crippen LogP contribution in [0.5, 0.6) is 5.75 Å². The highest BCUT2D eigenvalue weighted by molar-refractivity contribution is 6.31. The molecule has 1 amide bonds. The molecule has 248 valence electrons. The van der Waals surface area contributed by atoms with E-state index in [-0.39, 0.29) is 39.6 Å². The Bertz CT molecular complexity index is 1640. The number of aromatic carboxylic acids is 1. The van der Waals surface area contributed by atoms with Gasteiger partial charge in [-0.25, -0.2) is 13.6 Å². The summed E-state index contributed by atoms with van der Waals surface area (Å²) in [7, 11) is 1.32. The Morgan fingerprint density at radius 2 is 1.78 bits per heavy atom. The topological polar surface area (TPSA) is 111 Å². The summed E-state index contributed by atoms with van der Waals surface area (Å²) < 4.78 is 36.8. The lowest BCUT2D eigenvalue weighted by Crippen LogP contribution is -2.45. The molecule has 1 aliphatic rings. The van der Waals surface area contributed by atoms with Crippen LogP contribution in [0.1, 0.15) is 76.8 Å². The van der Waals surface area contributed by atoms with E-state index in [4.69, 9.17) is 27.9 Å². The molecule has 4 rings (SSSR count). The van der Waals surface area contributed by atoms with Crippen molar-refractivity contribution >= 4 is 40.8 Å². The molecule has 1 saturated heterocycles. The number of rotatable bonds is 7. The Morgan fingerprint density at radius 3 is 2.33 bits per heavy atom. The van der Waals surface area contributed by atoms with Crippen LogP contribution in [0, 0.1) is 34.3 Å². The minimum Gasteiger partial charge on any atom is -0.495 e. The highest BCUT2D eigenvalue weighted by atomic mass is 35.5. The van der Waals surface area contributed by atoms with Gasteiger partial charge in [-0.3, -0.25) is 4.79 Å². The van der Waals surface area contributed by atoms with Gasteiger partial charge in [0.1, 0.15) is 22.8 Å². The van der Waals surface area contributed by atoms with E-state index >= 15 is 8.78 Å². The summed E-state index contributed by atoms with van der Waals surface area (Å²) in [4.78, 5) is 25.5. The smallest absolute Gasteiger partial charge is 0.335 e. The van der Waals surface area contributed by atoms with Crippen LogP contribution in [0.25, 0.3) is 0 Å². The van der Waals surface area contributed by atoms with Gasteiger partial charge in [0.15, 0.2) is 0 Å². The zero-order valence-electron chi connectivity index (χ0n) is 26.8. The largest absolute Gasteiger partial charge is 0.495 e. The molecule has 0 spiro atoms. The van der Waals surface area contributed by atoms with Crippen molar-refractivity contribution < 1.29 is 29.6 Å². The molecule has 4 atom stereocenters. The summed E-state index contributed by atoms with van der Waals surface area (Å²) in [5.41, 5.74) is -2.18. The number of anilines is 1. The number of carboxylic acids is 1. The number of benzene rings is 3. The molecule has 0 saturated carbocycles. The monoisotopic (exact) mass is 675 g/mol. The SMILES string of the molecule is CC(C)C.COc1cc(C(=O)O)ccc1NC(=O)[C@@H]1N[C@@H](CC(C)(C)C)[C@](C#N)(c2ccc(Cl)cc2F)[C@H]1c1cccc(Cl)c1F.[HH]. The van der Waals surface area contributed by atoms with E-state index in [1.54, 1.807) is 0 Å². The predicted molar refractivity (Wildman–Crippen MR) is 179 cm³/mol. The van der Waals surface area contributed by atoms with E-state index in [1.165, 1.54) is 55.6 Å². The van der Waals surface area contributed by atoms with Gasteiger partial charge in [-0.1, -0.05) is 82.9 Å². The standard InChI is InChI=1S/C31H29Cl2F2N3O4.C4H10.H2/c1-30(2,3)14-24-31(15-36,19-10-9-17(32)13-21(19)34)25(18-6-5-7-20(33)26(18)35)27(38-24)28(39)37-22-11-8-16(29(40)41)12-23(22)42-4;1-4(2)3;/h5-13,24-25,27,38H,14H2,1-4H3,(H,37,39)(H,40,41);4H,1-3H3;1H/t24-,25-,27+,31-;;/m0../s1. The summed E-state index contributed by atoms with van der Waals surface area (Å²) >= 11 is 12.2. The van der Waals surface area contributed by atoms with Crippen LogP contribution in [0.3, 0.4) is 0 Å². The molecule has 0 aromatic heterocycles. The first-order valence-corrected chi connectivity index (χ1v) is 15.5. The lowest BCUT2D eigenvalue weighted by atomic mass is 9.62. The summed E-state index contributed by atoms with van der Waals surface area (Å²) in [6, 6.07) is 12.3. The number of carbonyl (C=O) groups is 2. The lowest BCUT2D eigenvalue weighted by Gasteiger charge is -2.37. The first kappa shape index (κ1) is 36.8. The normalized spacial score (nSPS) is 20.8. The second-order valence-corrected chi connectivity index (χ2v) is 14.0. The molecule has 0 unspecified atom stereocenters. The third kappa shape index (κ3) is 7.98. The fourth-order valence-electron chi connectivity index (χ4n) is 5.69. The summed E-state index contributed by atoms with van der Waals surface area (Å²) in [6.45, 7) is 12.3. The van der Waals surface area contributed by atoms with Gasteiger partial charge in [-0.15, -0.1) is 0 Å². The zero-order chi connectivity index (χ0) is 34.6. The van der Waals surface area contributed by atoms with Crippen molar-refractivity contribution in [2.75, 3.05) is 12.4 Å². The molecule has 1 heterocycles. The molecule has 3 aromatic carbocycles. The van der Waals surface area contributed by atoms with E-state index in [0.29, 0.717) is 6.42 Å². The number of nitrogens with one attached hydrogen (secondary N) is 2. The number of hydrogen-bond donors (Lipinski definition) is 3. The molecule has 1 fully saturated rings. The quantitative estimate of drug-likeness (QED) is 0.231. The average Bonchev–Trinajstić information content (AvgIpc) is 3.27. The minimum atomic E-state index is -1.78. The van der Waals surface area contributed by atoms with Crippen molar-refractivity contribution in [2.45, 2.75) is 71.4 Å². The number of ether oxygens (including phenoxy) is 1. The van der Waals surface area contributed by atoms with Gasteiger partial charge in [-0.2, -0.15) is 5.26 Å². The van der Waals surface area contributed by atoms with Crippen LogP contribution < -0.4 is 15.4 Å². The molecule has 3 N–H and O–H groups in total. The summed E-state index contributed by atoms with van der Waals surface area (Å²) in [6.07, 6.45) is 0.307. The molecule has 11 heteroatoms. The van der Waals surface area contributed by atoms with Gasteiger partial charge >= 0.3 is 5.97 Å². The van der Waals surface area contributed by atoms with Crippen LogP contribution in [-0.4, -0.2) is 36.2 Å². The number of halogens is 4. The first-order valence-electron chi connectivity index (χ1n) is 14.8. The van der Waals surface area contributed by atoms with E-state index in [0.717, 1.165) is 12.0 Å². The van der Waals surface area contributed by atoms with Crippen molar-refractivity contribution in [2.24, 2.45) is 11.3 Å². The Balaban J connectivity index is 0.00000145. The highest BCUT2D eigenvalue weighted by Gasteiger charge is 2.61. The van der Waals surface area contributed by atoms with E-state index < -0.39 is 52.3 Å². The van der Waals surface area contributed by atoms with Gasteiger partial charge < -0.3 is 20.5 Å². The number of carboxylic acid groups (broad SMARTS) is 1. The number of hydrogen-bond acceptors (Lipinski definition) is 5. The lowest BCUT2D eigenvalue weighted by molar-refractivity contribution is -0.118. The number of nitriles is 1. The fourth-order valence-corrected chi connectivity index (χ4v) is 6.04. The molecule has 0 radical (unpaired) electrons. The molecule has 46 heavy (non-hydrogen) atoms. The van der Waals surface area contributed by atoms with Crippen molar-refractivity contribution in [3.8, 4) is 11.8 Å². The molecule has 1 aliphatic heterocycles. The highest BCUT2D eigenvalue weighted by Crippen LogP contribution is 2.53. The molecular weight excluding hydrogens is 635 g/mol. The van der Waals surface area contributed by atoms with Crippen molar-refractivity contribution in [1.82, 2.24) is 5.32 Å². The number of carbonyl (C=O) groups excluding carboxylic acids is 1. The third-order valence-corrected chi connectivity index (χ3v) is 7.96. The maximum Gasteiger partial charge on any atom is 0.335 e. The molecule has 3 aromatic rings. The molecule has 0 aliphatic carbocycles. The molecule has 7 nitrogen and oxygen atoms in total. The van der Waals surface area contributed by atoms with Crippen LogP contribution >= 0.6 is 23.2 Å². The van der Waals surface area contributed by atoms with Crippen molar-refractivity contribution in [3.05, 3.63) is 93.0 Å². The van der Waals surface area contributed by atoms with Gasteiger partial charge in [0, 0.05) is 24.0 Å².